The predicted molar refractivity (Wildman–Crippen MR) is 65.1 cm³/mol. The van der Waals surface area contributed by atoms with E-state index in [1.165, 1.54) is 0 Å². The average molecular weight is 248 g/mol. The minimum absolute atomic E-state index is 0.00777. The Balaban J connectivity index is 3.19. The zero-order valence-electron chi connectivity index (χ0n) is 9.05. The molecule has 0 amide bonds. The summed E-state index contributed by atoms with van der Waals surface area (Å²) in [6.45, 7) is 3.94. The van der Waals surface area contributed by atoms with E-state index in [9.17, 15) is 0 Å². The van der Waals surface area contributed by atoms with Crippen molar-refractivity contribution in [2.75, 3.05) is 7.11 Å². The molecule has 0 bridgehead atoms. The topological polar surface area (TPSA) is 35.2 Å². The van der Waals surface area contributed by atoms with Gasteiger partial charge in [0.25, 0.3) is 0 Å². The molecule has 1 aromatic carbocycles. The summed E-state index contributed by atoms with van der Waals surface area (Å²) in [7, 11) is 1.58. The molecule has 2 atom stereocenters. The summed E-state index contributed by atoms with van der Waals surface area (Å²) in [4.78, 5) is 0. The van der Waals surface area contributed by atoms with Gasteiger partial charge in [0, 0.05) is 16.1 Å². The molecule has 1 aromatic rings. The Hall–Kier alpha value is -0.440. The van der Waals surface area contributed by atoms with E-state index in [0.29, 0.717) is 15.8 Å². The fraction of sp³-hybridized carbons (Fsp3) is 0.455. The number of benzene rings is 1. The maximum atomic E-state index is 6.13. The maximum absolute atomic E-state index is 6.13. The summed E-state index contributed by atoms with van der Waals surface area (Å²) in [6, 6.07) is 3.51. The summed E-state index contributed by atoms with van der Waals surface area (Å²) < 4.78 is 5.07. The first-order valence-corrected chi connectivity index (χ1v) is 5.51. The van der Waals surface area contributed by atoms with Crippen LogP contribution in [0.2, 0.25) is 10.0 Å². The fourth-order valence-corrected chi connectivity index (χ4v) is 2.19. The van der Waals surface area contributed by atoms with Crippen molar-refractivity contribution in [1.29, 1.82) is 0 Å². The van der Waals surface area contributed by atoms with Gasteiger partial charge in [0.1, 0.15) is 5.75 Å². The number of rotatable bonds is 3. The van der Waals surface area contributed by atoms with Crippen LogP contribution in [-0.4, -0.2) is 13.2 Å². The number of halogens is 2. The Labute approximate surface area is 100 Å². The van der Waals surface area contributed by atoms with E-state index in [1.807, 2.05) is 13.8 Å². The molecule has 0 spiro atoms. The highest BCUT2D eigenvalue weighted by Gasteiger charge is 2.18. The molecule has 0 fully saturated rings. The second-order valence-electron chi connectivity index (χ2n) is 3.65. The van der Waals surface area contributed by atoms with Crippen molar-refractivity contribution in [2.24, 2.45) is 5.73 Å². The van der Waals surface area contributed by atoms with Gasteiger partial charge in [-0.15, -0.1) is 0 Å². The van der Waals surface area contributed by atoms with Crippen LogP contribution in [0.4, 0.5) is 0 Å². The number of hydrogen-bond donors (Lipinski definition) is 1. The smallest absolute Gasteiger partial charge is 0.121 e. The van der Waals surface area contributed by atoms with E-state index in [0.717, 1.165) is 5.56 Å². The van der Waals surface area contributed by atoms with Gasteiger partial charge < -0.3 is 10.5 Å². The molecule has 0 heterocycles. The Morgan fingerprint density at radius 2 is 1.67 bits per heavy atom. The molecule has 15 heavy (non-hydrogen) atoms. The molecule has 2 unspecified atom stereocenters. The third-order valence-electron chi connectivity index (χ3n) is 2.53. The van der Waals surface area contributed by atoms with Crippen molar-refractivity contribution < 1.29 is 4.74 Å². The summed E-state index contributed by atoms with van der Waals surface area (Å²) in [5.74, 6) is 0.779. The molecule has 0 aliphatic heterocycles. The first-order chi connectivity index (χ1) is 6.97. The van der Waals surface area contributed by atoms with Gasteiger partial charge in [-0.3, -0.25) is 0 Å². The van der Waals surface area contributed by atoms with Crippen molar-refractivity contribution in [3.05, 3.63) is 27.7 Å². The summed E-state index contributed by atoms with van der Waals surface area (Å²) in [5, 5.41) is 1.20. The normalized spacial score (nSPS) is 14.8. The first-order valence-electron chi connectivity index (χ1n) is 4.76. The van der Waals surface area contributed by atoms with E-state index in [-0.39, 0.29) is 12.0 Å². The van der Waals surface area contributed by atoms with Crippen LogP contribution in [0.25, 0.3) is 0 Å². The van der Waals surface area contributed by atoms with E-state index in [1.54, 1.807) is 19.2 Å². The van der Waals surface area contributed by atoms with Crippen molar-refractivity contribution in [3.8, 4) is 5.75 Å². The zero-order chi connectivity index (χ0) is 11.6. The van der Waals surface area contributed by atoms with Crippen LogP contribution in [0.5, 0.6) is 5.75 Å². The highest BCUT2D eigenvalue weighted by Crippen LogP contribution is 2.36. The Bertz CT molecular complexity index is 329. The molecular formula is C11H15Cl2NO. The lowest BCUT2D eigenvalue weighted by atomic mass is 9.95. The third kappa shape index (κ3) is 2.77. The fourth-order valence-electron chi connectivity index (χ4n) is 1.38. The van der Waals surface area contributed by atoms with E-state index < -0.39 is 0 Å². The molecule has 0 aliphatic rings. The quantitative estimate of drug-likeness (QED) is 0.889. The lowest BCUT2D eigenvalue weighted by molar-refractivity contribution is 0.414. The molecule has 2 nitrogen and oxygen atoms in total. The number of hydrogen-bond acceptors (Lipinski definition) is 2. The van der Waals surface area contributed by atoms with Gasteiger partial charge in [-0.25, -0.2) is 0 Å². The van der Waals surface area contributed by atoms with E-state index in [2.05, 4.69) is 0 Å². The Morgan fingerprint density at radius 3 is 2.00 bits per heavy atom. The lowest BCUT2D eigenvalue weighted by Crippen LogP contribution is -2.23. The minimum atomic E-state index is 0.00777. The third-order valence-corrected chi connectivity index (χ3v) is 3.16. The molecule has 0 saturated carbocycles. The van der Waals surface area contributed by atoms with Crippen LogP contribution in [0.3, 0.4) is 0 Å². The number of ether oxygens (including phenoxy) is 1. The van der Waals surface area contributed by atoms with Crippen molar-refractivity contribution >= 4 is 23.2 Å². The monoisotopic (exact) mass is 247 g/mol. The van der Waals surface area contributed by atoms with Crippen LogP contribution in [0.1, 0.15) is 25.3 Å². The maximum Gasteiger partial charge on any atom is 0.121 e. The molecule has 0 radical (unpaired) electrons. The van der Waals surface area contributed by atoms with E-state index >= 15 is 0 Å². The largest absolute Gasteiger partial charge is 0.497 e. The van der Waals surface area contributed by atoms with Crippen molar-refractivity contribution in [1.82, 2.24) is 0 Å². The lowest BCUT2D eigenvalue weighted by Gasteiger charge is -2.19. The average Bonchev–Trinajstić information content (AvgIpc) is 2.16. The van der Waals surface area contributed by atoms with Gasteiger partial charge >= 0.3 is 0 Å². The van der Waals surface area contributed by atoms with Crippen LogP contribution in [0, 0.1) is 0 Å². The molecule has 4 heteroatoms. The van der Waals surface area contributed by atoms with Crippen molar-refractivity contribution in [3.63, 3.8) is 0 Å². The van der Waals surface area contributed by atoms with Gasteiger partial charge in [-0.05, 0) is 30.5 Å². The van der Waals surface area contributed by atoms with Gasteiger partial charge in [0.05, 0.1) is 7.11 Å². The van der Waals surface area contributed by atoms with Gasteiger partial charge in [-0.2, -0.15) is 0 Å². The van der Waals surface area contributed by atoms with Crippen LogP contribution in [0.15, 0.2) is 12.1 Å². The van der Waals surface area contributed by atoms with Gasteiger partial charge in [-0.1, -0.05) is 30.1 Å². The summed E-state index contributed by atoms with van der Waals surface area (Å²) in [5.41, 5.74) is 6.71. The molecule has 1 rings (SSSR count). The van der Waals surface area contributed by atoms with E-state index in [4.69, 9.17) is 33.7 Å². The zero-order valence-corrected chi connectivity index (χ0v) is 10.6. The van der Waals surface area contributed by atoms with Gasteiger partial charge in [0.15, 0.2) is 0 Å². The highest BCUT2D eigenvalue weighted by molar-refractivity contribution is 6.36. The summed E-state index contributed by atoms with van der Waals surface area (Å²) in [6.07, 6.45) is 0. The standard InChI is InChI=1S/C11H15Cl2NO/c1-6(7(2)14)11-9(12)4-8(15-3)5-10(11)13/h4-7H,14H2,1-3H3. The molecule has 0 aliphatic carbocycles. The minimum Gasteiger partial charge on any atom is -0.497 e. The second-order valence-corrected chi connectivity index (χ2v) is 4.47. The number of nitrogens with two attached hydrogens (primary N) is 1. The highest BCUT2D eigenvalue weighted by atomic mass is 35.5. The molecule has 2 N–H and O–H groups in total. The number of methoxy groups -OCH3 is 1. The molecule has 0 saturated heterocycles. The Kier molecular flexibility index (Phi) is 4.26. The second kappa shape index (κ2) is 5.06. The molecule has 84 valence electrons. The van der Waals surface area contributed by atoms with Crippen LogP contribution < -0.4 is 10.5 Å². The van der Waals surface area contributed by atoms with Crippen LogP contribution >= 0.6 is 23.2 Å². The van der Waals surface area contributed by atoms with Crippen LogP contribution in [-0.2, 0) is 0 Å². The van der Waals surface area contributed by atoms with Crippen molar-refractivity contribution in [2.45, 2.75) is 25.8 Å². The Morgan fingerprint density at radius 1 is 1.20 bits per heavy atom. The molecular weight excluding hydrogens is 233 g/mol. The molecule has 0 aromatic heterocycles. The first kappa shape index (κ1) is 12.6. The summed E-state index contributed by atoms with van der Waals surface area (Å²) >= 11 is 12.3. The SMILES string of the molecule is COc1cc(Cl)c(C(C)C(C)N)c(Cl)c1. The predicted octanol–water partition coefficient (Wildman–Crippen LogP) is 3.45. The van der Waals surface area contributed by atoms with Gasteiger partial charge in [0.2, 0.25) is 0 Å².